The SMILES string of the molecule is O=C1c2cc(O)cc(O)c2O[C@@H](O)[C@@H]1c1ccc(O)c(O)c1. The molecule has 0 radical (unpaired) electrons. The van der Waals surface area contributed by atoms with Crippen LogP contribution in [0.4, 0.5) is 0 Å². The zero-order valence-electron chi connectivity index (χ0n) is 11.1. The first kappa shape index (κ1) is 14.0. The van der Waals surface area contributed by atoms with Gasteiger partial charge < -0.3 is 30.3 Å². The lowest BCUT2D eigenvalue weighted by Crippen LogP contribution is -2.35. The van der Waals surface area contributed by atoms with Gasteiger partial charge in [0.15, 0.2) is 28.8 Å². The summed E-state index contributed by atoms with van der Waals surface area (Å²) < 4.78 is 5.15. The number of benzene rings is 2. The Morgan fingerprint density at radius 1 is 0.909 bits per heavy atom. The van der Waals surface area contributed by atoms with Crippen molar-refractivity contribution in [1.29, 1.82) is 0 Å². The number of Topliss-reactive ketones (excluding diaryl/α,β-unsaturated/α-hetero) is 1. The number of hydrogen-bond acceptors (Lipinski definition) is 7. The van der Waals surface area contributed by atoms with Gasteiger partial charge in [-0.1, -0.05) is 6.07 Å². The van der Waals surface area contributed by atoms with Crippen molar-refractivity contribution >= 4 is 5.78 Å². The maximum absolute atomic E-state index is 12.5. The number of hydrogen-bond donors (Lipinski definition) is 5. The highest BCUT2D eigenvalue weighted by Gasteiger charge is 2.39. The van der Waals surface area contributed by atoms with Gasteiger partial charge in [-0.05, 0) is 23.8 Å². The van der Waals surface area contributed by atoms with E-state index >= 15 is 0 Å². The third-order valence-corrected chi connectivity index (χ3v) is 3.48. The van der Waals surface area contributed by atoms with Gasteiger partial charge >= 0.3 is 0 Å². The van der Waals surface area contributed by atoms with Gasteiger partial charge in [0.1, 0.15) is 11.7 Å². The first-order chi connectivity index (χ1) is 10.4. The average Bonchev–Trinajstić information content (AvgIpc) is 2.44. The van der Waals surface area contributed by atoms with Crippen LogP contribution in [0.3, 0.4) is 0 Å². The molecule has 3 rings (SSSR count). The van der Waals surface area contributed by atoms with E-state index in [4.69, 9.17) is 4.74 Å². The molecule has 0 bridgehead atoms. The van der Waals surface area contributed by atoms with Crippen molar-refractivity contribution in [2.24, 2.45) is 0 Å². The van der Waals surface area contributed by atoms with E-state index in [0.717, 1.165) is 18.2 Å². The van der Waals surface area contributed by atoms with Gasteiger partial charge in [0.25, 0.3) is 0 Å². The minimum Gasteiger partial charge on any atom is -0.508 e. The van der Waals surface area contributed by atoms with E-state index in [-0.39, 0.29) is 28.4 Å². The molecule has 2 aromatic rings. The van der Waals surface area contributed by atoms with Crippen LogP contribution in [0.5, 0.6) is 28.7 Å². The Balaban J connectivity index is 2.10. The number of phenols is 4. The highest BCUT2D eigenvalue weighted by Crippen LogP contribution is 2.43. The molecule has 5 N–H and O–H groups in total. The molecule has 0 aliphatic carbocycles. The molecular weight excluding hydrogens is 292 g/mol. The Labute approximate surface area is 124 Å². The predicted octanol–water partition coefficient (Wildman–Crippen LogP) is 1.19. The van der Waals surface area contributed by atoms with E-state index in [0.29, 0.717) is 0 Å². The third-order valence-electron chi connectivity index (χ3n) is 3.48. The Morgan fingerprint density at radius 3 is 2.32 bits per heavy atom. The second kappa shape index (κ2) is 4.81. The summed E-state index contributed by atoms with van der Waals surface area (Å²) in [7, 11) is 0. The van der Waals surface area contributed by atoms with Gasteiger partial charge in [-0.3, -0.25) is 4.79 Å². The Kier molecular flexibility index (Phi) is 3.07. The van der Waals surface area contributed by atoms with E-state index in [1.54, 1.807) is 0 Å². The zero-order chi connectivity index (χ0) is 16.0. The lowest BCUT2D eigenvalue weighted by molar-refractivity contribution is -0.0401. The summed E-state index contributed by atoms with van der Waals surface area (Å²) in [5, 5.41) is 48.0. The van der Waals surface area contributed by atoms with Crippen LogP contribution in [0, 0.1) is 0 Å². The van der Waals surface area contributed by atoms with Crippen LogP contribution in [0.25, 0.3) is 0 Å². The van der Waals surface area contributed by atoms with Crippen LogP contribution in [-0.2, 0) is 0 Å². The molecule has 2 atom stereocenters. The van der Waals surface area contributed by atoms with Crippen molar-refractivity contribution in [3.63, 3.8) is 0 Å². The molecule has 0 aromatic heterocycles. The van der Waals surface area contributed by atoms with Gasteiger partial charge in [0.2, 0.25) is 6.29 Å². The maximum atomic E-state index is 12.5. The zero-order valence-corrected chi connectivity index (χ0v) is 11.1. The predicted molar refractivity (Wildman–Crippen MR) is 73.2 cm³/mol. The number of ether oxygens (including phenoxy) is 1. The fourth-order valence-electron chi connectivity index (χ4n) is 2.44. The molecule has 114 valence electrons. The van der Waals surface area contributed by atoms with Gasteiger partial charge in [-0.15, -0.1) is 0 Å². The summed E-state index contributed by atoms with van der Waals surface area (Å²) in [4.78, 5) is 12.5. The molecule has 1 heterocycles. The number of ketones is 1. The van der Waals surface area contributed by atoms with E-state index < -0.39 is 29.5 Å². The first-order valence-electron chi connectivity index (χ1n) is 6.35. The topological polar surface area (TPSA) is 127 Å². The molecule has 7 heteroatoms. The quantitative estimate of drug-likeness (QED) is 0.501. The number of aliphatic hydroxyl groups is 1. The number of aromatic hydroxyl groups is 4. The lowest BCUT2D eigenvalue weighted by Gasteiger charge is -2.29. The van der Waals surface area contributed by atoms with Crippen LogP contribution < -0.4 is 4.74 Å². The normalized spacial score (nSPS) is 20.3. The molecule has 0 saturated heterocycles. The van der Waals surface area contributed by atoms with Crippen molar-refractivity contribution in [2.75, 3.05) is 0 Å². The Morgan fingerprint density at radius 2 is 1.64 bits per heavy atom. The number of phenolic OH excluding ortho intramolecular Hbond substituents is 4. The number of carbonyl (C=O) groups excluding carboxylic acids is 1. The highest BCUT2D eigenvalue weighted by atomic mass is 16.6. The summed E-state index contributed by atoms with van der Waals surface area (Å²) in [6.07, 6.45) is -1.58. The van der Waals surface area contributed by atoms with E-state index in [9.17, 15) is 30.3 Å². The van der Waals surface area contributed by atoms with Crippen molar-refractivity contribution < 1.29 is 35.1 Å². The van der Waals surface area contributed by atoms with Gasteiger partial charge in [-0.25, -0.2) is 0 Å². The standard InChI is InChI=1S/C15H12O7/c16-7-4-8-13(20)12(6-1-2-9(17)10(18)3-6)15(21)22-14(8)11(19)5-7/h1-5,12,15-19,21H/t12-,15-/m1/s1. The van der Waals surface area contributed by atoms with Crippen molar-refractivity contribution in [3.8, 4) is 28.7 Å². The average molecular weight is 304 g/mol. The van der Waals surface area contributed by atoms with Crippen LogP contribution in [0.15, 0.2) is 30.3 Å². The van der Waals surface area contributed by atoms with Crippen LogP contribution >= 0.6 is 0 Å². The summed E-state index contributed by atoms with van der Waals surface area (Å²) in [6.45, 7) is 0. The first-order valence-corrected chi connectivity index (χ1v) is 6.35. The molecule has 1 aliphatic rings. The fourth-order valence-corrected chi connectivity index (χ4v) is 2.44. The molecule has 0 spiro atoms. The van der Waals surface area contributed by atoms with Crippen LogP contribution in [0.1, 0.15) is 21.8 Å². The Bertz CT molecular complexity index is 769. The molecule has 0 fully saturated rings. The highest BCUT2D eigenvalue weighted by molar-refractivity contribution is 6.05. The fraction of sp³-hybridized carbons (Fsp3) is 0.133. The molecule has 2 aromatic carbocycles. The molecule has 0 amide bonds. The summed E-state index contributed by atoms with van der Waals surface area (Å²) in [6, 6.07) is 5.79. The second-order valence-electron chi connectivity index (χ2n) is 4.94. The van der Waals surface area contributed by atoms with Crippen LogP contribution in [0.2, 0.25) is 0 Å². The summed E-state index contributed by atoms with van der Waals surface area (Å²) in [5.41, 5.74) is 0.140. The molecular formula is C15H12O7. The van der Waals surface area contributed by atoms with E-state index in [2.05, 4.69) is 0 Å². The molecule has 7 nitrogen and oxygen atoms in total. The number of aliphatic hydroxyl groups excluding tert-OH is 1. The van der Waals surface area contributed by atoms with Crippen molar-refractivity contribution in [3.05, 3.63) is 41.5 Å². The maximum Gasteiger partial charge on any atom is 0.212 e. The van der Waals surface area contributed by atoms with E-state index in [1.807, 2.05) is 0 Å². The number of rotatable bonds is 1. The van der Waals surface area contributed by atoms with Crippen LogP contribution in [-0.4, -0.2) is 37.6 Å². The van der Waals surface area contributed by atoms with E-state index in [1.165, 1.54) is 12.1 Å². The van der Waals surface area contributed by atoms with Crippen molar-refractivity contribution in [1.82, 2.24) is 0 Å². The van der Waals surface area contributed by atoms with Gasteiger partial charge in [-0.2, -0.15) is 0 Å². The largest absolute Gasteiger partial charge is 0.508 e. The minimum absolute atomic E-state index is 0.0830. The number of carbonyl (C=O) groups is 1. The lowest BCUT2D eigenvalue weighted by atomic mass is 9.87. The molecule has 1 aliphatic heterocycles. The monoisotopic (exact) mass is 304 g/mol. The Hall–Kier alpha value is -2.93. The van der Waals surface area contributed by atoms with Gasteiger partial charge in [0, 0.05) is 6.07 Å². The minimum atomic E-state index is -1.58. The second-order valence-corrected chi connectivity index (χ2v) is 4.94. The van der Waals surface area contributed by atoms with Gasteiger partial charge in [0.05, 0.1) is 5.56 Å². The molecule has 0 unspecified atom stereocenters. The third kappa shape index (κ3) is 2.08. The molecule has 22 heavy (non-hydrogen) atoms. The van der Waals surface area contributed by atoms with Crippen molar-refractivity contribution in [2.45, 2.75) is 12.2 Å². The smallest absolute Gasteiger partial charge is 0.212 e. The summed E-state index contributed by atoms with van der Waals surface area (Å²) in [5.74, 6) is -3.56. The molecule has 0 saturated carbocycles. The summed E-state index contributed by atoms with van der Waals surface area (Å²) >= 11 is 0. The number of fused-ring (bicyclic) bond motifs is 1.